The molecule has 1 heterocycles. The van der Waals surface area contributed by atoms with Crippen molar-refractivity contribution in [3.63, 3.8) is 0 Å². The van der Waals surface area contributed by atoms with Crippen LogP contribution < -0.4 is 10.0 Å². The van der Waals surface area contributed by atoms with Crippen molar-refractivity contribution >= 4 is 27.4 Å². The number of hydrogen-bond acceptors (Lipinski definition) is 4. The lowest BCUT2D eigenvalue weighted by atomic mass is 10.0. The average molecular weight is 298 g/mol. The Morgan fingerprint density at radius 3 is 2.95 bits per heavy atom. The van der Waals surface area contributed by atoms with Gasteiger partial charge in [0.25, 0.3) is 0 Å². The van der Waals surface area contributed by atoms with Crippen molar-refractivity contribution in [3.05, 3.63) is 23.8 Å². The summed E-state index contributed by atoms with van der Waals surface area (Å²) in [7, 11) is -3.49. The molecular formula is C13H18N2O4S. The fraction of sp³-hybridized carbons (Fsp3) is 0.462. The third-order valence-electron chi connectivity index (χ3n) is 3.12. The van der Waals surface area contributed by atoms with Crippen molar-refractivity contribution in [1.29, 1.82) is 0 Å². The van der Waals surface area contributed by atoms with E-state index in [1.165, 1.54) is 0 Å². The molecule has 1 aliphatic rings. The Kier molecular flexibility index (Phi) is 4.49. The van der Waals surface area contributed by atoms with Gasteiger partial charge in [-0.15, -0.1) is 0 Å². The summed E-state index contributed by atoms with van der Waals surface area (Å²) < 4.78 is 26.2. The lowest BCUT2D eigenvalue weighted by Gasteiger charge is -2.19. The number of carbonyl (C=O) groups is 1. The number of benzene rings is 1. The smallest absolute Gasteiger partial charge is 0.303 e. The second-order valence-electron chi connectivity index (χ2n) is 4.82. The van der Waals surface area contributed by atoms with E-state index in [4.69, 9.17) is 5.11 Å². The van der Waals surface area contributed by atoms with E-state index in [0.717, 1.165) is 30.6 Å². The maximum atomic E-state index is 11.8. The zero-order chi connectivity index (χ0) is 14.6. The van der Waals surface area contributed by atoms with Gasteiger partial charge in [0.15, 0.2) is 0 Å². The first-order valence-electron chi connectivity index (χ1n) is 6.55. The van der Waals surface area contributed by atoms with Crippen LogP contribution in [-0.2, 0) is 21.2 Å². The fourth-order valence-corrected chi connectivity index (χ4v) is 3.29. The van der Waals surface area contributed by atoms with Crippen molar-refractivity contribution in [1.82, 2.24) is 0 Å². The monoisotopic (exact) mass is 298 g/mol. The number of sulfonamides is 1. The number of aryl methyl sites for hydroxylation is 1. The minimum Gasteiger partial charge on any atom is -0.481 e. The van der Waals surface area contributed by atoms with Gasteiger partial charge in [0.05, 0.1) is 5.75 Å². The van der Waals surface area contributed by atoms with E-state index in [0.29, 0.717) is 5.69 Å². The molecule has 0 radical (unpaired) electrons. The van der Waals surface area contributed by atoms with Crippen molar-refractivity contribution in [2.45, 2.75) is 25.7 Å². The van der Waals surface area contributed by atoms with Crippen molar-refractivity contribution in [2.24, 2.45) is 0 Å². The van der Waals surface area contributed by atoms with Crippen molar-refractivity contribution < 1.29 is 18.3 Å². The Morgan fingerprint density at radius 1 is 1.40 bits per heavy atom. The van der Waals surface area contributed by atoms with Crippen LogP contribution in [0.5, 0.6) is 0 Å². The zero-order valence-corrected chi connectivity index (χ0v) is 11.9. The van der Waals surface area contributed by atoms with E-state index in [9.17, 15) is 13.2 Å². The summed E-state index contributed by atoms with van der Waals surface area (Å²) in [5, 5.41) is 11.8. The topological polar surface area (TPSA) is 95.5 Å². The molecule has 2 rings (SSSR count). The molecule has 20 heavy (non-hydrogen) atoms. The standard InChI is InChI=1S/C13H18N2O4S/c16-13(17)4-2-8-20(18,19)15-11-5-6-12-10(9-11)3-1-7-14-12/h5-6,9,14-15H,1-4,7-8H2,(H,16,17). The van der Waals surface area contributed by atoms with Gasteiger partial charge in [-0.2, -0.15) is 0 Å². The largest absolute Gasteiger partial charge is 0.481 e. The van der Waals surface area contributed by atoms with Crippen LogP contribution in [0.15, 0.2) is 18.2 Å². The molecule has 0 saturated heterocycles. The lowest BCUT2D eigenvalue weighted by Crippen LogP contribution is -2.18. The molecule has 0 aromatic heterocycles. The molecule has 0 spiro atoms. The van der Waals surface area contributed by atoms with Crippen LogP contribution in [0, 0.1) is 0 Å². The van der Waals surface area contributed by atoms with Gasteiger partial charge < -0.3 is 10.4 Å². The number of carboxylic acid groups (broad SMARTS) is 1. The van der Waals surface area contributed by atoms with E-state index in [-0.39, 0.29) is 18.6 Å². The molecular weight excluding hydrogens is 280 g/mol. The molecule has 3 N–H and O–H groups in total. The molecule has 0 saturated carbocycles. The number of anilines is 2. The zero-order valence-electron chi connectivity index (χ0n) is 11.1. The molecule has 0 aliphatic carbocycles. The predicted octanol–water partition coefficient (Wildman–Crippen LogP) is 1.65. The maximum Gasteiger partial charge on any atom is 0.303 e. The van der Waals surface area contributed by atoms with Gasteiger partial charge in [-0.3, -0.25) is 9.52 Å². The molecule has 1 aromatic carbocycles. The van der Waals surface area contributed by atoms with E-state index in [1.54, 1.807) is 6.07 Å². The first kappa shape index (κ1) is 14.6. The van der Waals surface area contributed by atoms with Crippen LogP contribution in [0.4, 0.5) is 11.4 Å². The second kappa shape index (κ2) is 6.13. The van der Waals surface area contributed by atoms with Gasteiger partial charge in [-0.25, -0.2) is 8.42 Å². The number of carboxylic acids is 1. The molecule has 1 aromatic rings. The van der Waals surface area contributed by atoms with Crippen molar-refractivity contribution in [3.8, 4) is 0 Å². The number of nitrogens with one attached hydrogen (secondary N) is 2. The molecule has 7 heteroatoms. The first-order valence-corrected chi connectivity index (χ1v) is 8.20. The minimum absolute atomic E-state index is 0.108. The Hall–Kier alpha value is -1.76. The highest BCUT2D eigenvalue weighted by Gasteiger charge is 2.14. The Bertz CT molecular complexity index is 598. The minimum atomic E-state index is -3.49. The number of rotatable bonds is 6. The van der Waals surface area contributed by atoms with E-state index < -0.39 is 16.0 Å². The quantitative estimate of drug-likeness (QED) is 0.742. The second-order valence-corrected chi connectivity index (χ2v) is 6.66. The summed E-state index contributed by atoms with van der Waals surface area (Å²) in [6, 6.07) is 5.41. The normalized spacial score (nSPS) is 14.2. The molecule has 6 nitrogen and oxygen atoms in total. The first-order chi connectivity index (χ1) is 9.46. The summed E-state index contributed by atoms with van der Waals surface area (Å²) in [6.07, 6.45) is 1.92. The Labute approximate surface area is 118 Å². The number of aliphatic carboxylic acids is 1. The van der Waals surface area contributed by atoms with Crippen LogP contribution in [-0.4, -0.2) is 31.8 Å². The van der Waals surface area contributed by atoms with Crippen molar-refractivity contribution in [2.75, 3.05) is 22.3 Å². The van der Waals surface area contributed by atoms with Crippen LogP contribution in [0.2, 0.25) is 0 Å². The van der Waals surface area contributed by atoms with Crippen LogP contribution >= 0.6 is 0 Å². The molecule has 0 unspecified atom stereocenters. The van der Waals surface area contributed by atoms with Gasteiger partial charge in [0.1, 0.15) is 0 Å². The van der Waals surface area contributed by atoms with Crippen LogP contribution in [0.1, 0.15) is 24.8 Å². The highest BCUT2D eigenvalue weighted by Crippen LogP contribution is 2.25. The highest BCUT2D eigenvalue weighted by molar-refractivity contribution is 7.92. The third-order valence-corrected chi connectivity index (χ3v) is 4.49. The number of hydrogen-bond donors (Lipinski definition) is 3. The van der Waals surface area contributed by atoms with Gasteiger partial charge in [0, 0.05) is 24.3 Å². The summed E-state index contributed by atoms with van der Waals surface area (Å²) in [5.41, 5.74) is 2.68. The van der Waals surface area contributed by atoms with Gasteiger partial charge in [0.2, 0.25) is 10.0 Å². The lowest BCUT2D eigenvalue weighted by molar-refractivity contribution is -0.137. The molecule has 1 aliphatic heterocycles. The molecule has 0 bridgehead atoms. The molecule has 0 atom stereocenters. The number of fused-ring (bicyclic) bond motifs is 1. The molecule has 110 valence electrons. The Morgan fingerprint density at radius 2 is 2.20 bits per heavy atom. The molecule has 0 amide bonds. The summed E-state index contributed by atoms with van der Waals surface area (Å²) in [4.78, 5) is 10.4. The van der Waals surface area contributed by atoms with Gasteiger partial charge >= 0.3 is 5.97 Å². The van der Waals surface area contributed by atoms with E-state index in [2.05, 4.69) is 10.0 Å². The van der Waals surface area contributed by atoms with Gasteiger partial charge in [-0.05, 0) is 43.0 Å². The van der Waals surface area contributed by atoms with E-state index >= 15 is 0 Å². The van der Waals surface area contributed by atoms with Gasteiger partial charge in [-0.1, -0.05) is 0 Å². The highest BCUT2D eigenvalue weighted by atomic mass is 32.2. The van der Waals surface area contributed by atoms with Crippen LogP contribution in [0.3, 0.4) is 0 Å². The predicted molar refractivity (Wildman–Crippen MR) is 77.5 cm³/mol. The SMILES string of the molecule is O=C(O)CCCS(=O)(=O)Nc1ccc2c(c1)CCCN2. The summed E-state index contributed by atoms with van der Waals surface area (Å²) in [5.74, 6) is -1.17. The molecule has 0 fully saturated rings. The van der Waals surface area contributed by atoms with Crippen LogP contribution in [0.25, 0.3) is 0 Å². The third kappa shape index (κ3) is 4.12. The summed E-state index contributed by atoms with van der Waals surface area (Å²) in [6.45, 7) is 0.938. The van der Waals surface area contributed by atoms with E-state index in [1.807, 2.05) is 12.1 Å². The summed E-state index contributed by atoms with van der Waals surface area (Å²) >= 11 is 0. The fourth-order valence-electron chi connectivity index (χ4n) is 2.18. The maximum absolute atomic E-state index is 11.8. The average Bonchev–Trinajstić information content (AvgIpc) is 2.37. The Balaban J connectivity index is 2.00.